The molecule has 1 aromatic rings. The zero-order chi connectivity index (χ0) is 18.1. The van der Waals surface area contributed by atoms with Crippen LogP contribution in [0, 0.1) is 5.92 Å². The number of hydroxylamine groups is 1. The van der Waals surface area contributed by atoms with Gasteiger partial charge in [-0.25, -0.2) is 9.59 Å². The van der Waals surface area contributed by atoms with E-state index in [1.807, 2.05) is 35.8 Å². The van der Waals surface area contributed by atoms with Crippen molar-refractivity contribution in [1.29, 1.82) is 0 Å². The van der Waals surface area contributed by atoms with E-state index in [1.54, 1.807) is 13.8 Å². The molecule has 1 saturated heterocycles. The Morgan fingerprint density at radius 2 is 2.00 bits per heavy atom. The van der Waals surface area contributed by atoms with Crippen molar-refractivity contribution in [1.82, 2.24) is 5.48 Å². The fourth-order valence-corrected chi connectivity index (χ4v) is 2.30. The lowest BCUT2D eigenvalue weighted by molar-refractivity contribution is -0.200. The zero-order valence-corrected chi connectivity index (χ0v) is 14.6. The first-order valence-electron chi connectivity index (χ1n) is 8.50. The number of amides is 1. The summed E-state index contributed by atoms with van der Waals surface area (Å²) in [5.74, 6) is -1.15. The zero-order valence-electron chi connectivity index (χ0n) is 14.6. The van der Waals surface area contributed by atoms with Crippen LogP contribution < -0.4 is 5.48 Å². The molecular weight excluding hydrogens is 326 g/mol. The van der Waals surface area contributed by atoms with E-state index >= 15 is 0 Å². The van der Waals surface area contributed by atoms with Crippen molar-refractivity contribution >= 4 is 12.1 Å². The second-order valence-electron chi connectivity index (χ2n) is 6.01. The number of rotatable bonds is 6. The monoisotopic (exact) mass is 351 g/mol. The molecule has 1 aliphatic rings. The van der Waals surface area contributed by atoms with Crippen molar-refractivity contribution in [2.24, 2.45) is 5.92 Å². The average molecular weight is 351 g/mol. The summed E-state index contributed by atoms with van der Waals surface area (Å²) in [5.41, 5.74) is 2.83. The van der Waals surface area contributed by atoms with Gasteiger partial charge in [-0.15, -0.1) is 5.48 Å². The van der Waals surface area contributed by atoms with Crippen LogP contribution in [0.1, 0.15) is 38.7 Å². The number of hydrogen-bond acceptors (Lipinski definition) is 6. The van der Waals surface area contributed by atoms with Gasteiger partial charge in [-0.2, -0.15) is 0 Å². The summed E-state index contributed by atoms with van der Waals surface area (Å²) in [6.07, 6.45) is 1.39. The Bertz CT molecular complexity index is 544. The third-order valence-corrected chi connectivity index (χ3v) is 4.03. The smallest absolute Gasteiger partial charge is 0.441 e. The van der Waals surface area contributed by atoms with Crippen LogP contribution in [0.3, 0.4) is 0 Å². The van der Waals surface area contributed by atoms with Gasteiger partial charge in [-0.1, -0.05) is 30.3 Å². The number of benzene rings is 1. The molecule has 7 heteroatoms. The molecule has 1 amide bonds. The fraction of sp³-hybridized carbons (Fsp3) is 0.556. The van der Waals surface area contributed by atoms with Crippen molar-refractivity contribution in [3.8, 4) is 0 Å². The van der Waals surface area contributed by atoms with E-state index < -0.39 is 24.1 Å². The Labute approximate surface area is 147 Å². The van der Waals surface area contributed by atoms with Gasteiger partial charge in [-0.05, 0) is 38.7 Å². The van der Waals surface area contributed by atoms with E-state index in [2.05, 4.69) is 0 Å². The molecule has 0 radical (unpaired) electrons. The summed E-state index contributed by atoms with van der Waals surface area (Å²) in [5, 5.41) is 0. The van der Waals surface area contributed by atoms with Crippen LogP contribution in [-0.4, -0.2) is 31.1 Å². The summed E-state index contributed by atoms with van der Waals surface area (Å²) < 4.78 is 16.2. The maximum Gasteiger partial charge on any atom is 0.441 e. The molecule has 1 heterocycles. The highest BCUT2D eigenvalue weighted by atomic mass is 16.7. The van der Waals surface area contributed by atoms with Gasteiger partial charge in [0.2, 0.25) is 0 Å². The first-order valence-corrected chi connectivity index (χ1v) is 8.50. The molecule has 2 rings (SSSR count). The normalized spacial score (nSPS) is 19.5. The quantitative estimate of drug-likeness (QED) is 0.794. The molecule has 1 aliphatic heterocycles. The van der Waals surface area contributed by atoms with Crippen LogP contribution in [0.4, 0.5) is 4.79 Å². The van der Waals surface area contributed by atoms with Gasteiger partial charge in [0, 0.05) is 6.61 Å². The second kappa shape index (κ2) is 10.0. The summed E-state index contributed by atoms with van der Waals surface area (Å²) in [6.45, 7) is 4.22. The number of carbonyl (C=O) groups excluding carboxylic acids is 2. The molecule has 1 aromatic carbocycles. The molecule has 0 spiro atoms. The maximum absolute atomic E-state index is 12.0. The van der Waals surface area contributed by atoms with E-state index in [9.17, 15) is 9.59 Å². The van der Waals surface area contributed by atoms with Crippen LogP contribution >= 0.6 is 0 Å². The van der Waals surface area contributed by atoms with Crippen molar-refractivity contribution in [2.75, 3.05) is 6.61 Å². The van der Waals surface area contributed by atoms with Crippen molar-refractivity contribution < 1.29 is 28.6 Å². The van der Waals surface area contributed by atoms with Crippen molar-refractivity contribution in [3.05, 3.63) is 35.9 Å². The highest BCUT2D eigenvalue weighted by molar-refractivity contribution is 5.75. The van der Waals surface area contributed by atoms with Gasteiger partial charge in [0.25, 0.3) is 0 Å². The van der Waals surface area contributed by atoms with Gasteiger partial charge in [0.15, 0.2) is 6.29 Å². The predicted octanol–water partition coefficient (Wildman–Crippen LogP) is 2.94. The Balaban J connectivity index is 1.66. The summed E-state index contributed by atoms with van der Waals surface area (Å²) in [6, 6.07) is 9.21. The van der Waals surface area contributed by atoms with Gasteiger partial charge in [0.05, 0.1) is 12.0 Å². The van der Waals surface area contributed by atoms with Gasteiger partial charge in [0.1, 0.15) is 6.61 Å². The van der Waals surface area contributed by atoms with Crippen LogP contribution in [0.2, 0.25) is 0 Å². The SMILES string of the molecule is C[C@H](OC1CCCCO1)[C@H](C)C(=O)ONC(=O)OCc1ccccc1. The minimum Gasteiger partial charge on any atom is -0.443 e. The van der Waals surface area contributed by atoms with Crippen molar-refractivity contribution in [2.45, 2.75) is 52.1 Å². The van der Waals surface area contributed by atoms with Crippen LogP contribution in [0.5, 0.6) is 0 Å². The Hall–Kier alpha value is -2.12. The molecule has 1 N–H and O–H groups in total. The topological polar surface area (TPSA) is 83.1 Å². The Kier molecular flexibility index (Phi) is 7.69. The van der Waals surface area contributed by atoms with E-state index in [0.717, 1.165) is 24.8 Å². The van der Waals surface area contributed by atoms with Crippen LogP contribution in [-0.2, 0) is 30.4 Å². The first-order chi connectivity index (χ1) is 12.1. The molecule has 25 heavy (non-hydrogen) atoms. The van der Waals surface area contributed by atoms with Crippen molar-refractivity contribution in [3.63, 3.8) is 0 Å². The molecular formula is C18H25NO6. The van der Waals surface area contributed by atoms with Gasteiger partial charge >= 0.3 is 12.1 Å². The molecule has 0 aliphatic carbocycles. The lowest BCUT2D eigenvalue weighted by atomic mass is 10.1. The lowest BCUT2D eigenvalue weighted by Gasteiger charge is -2.28. The molecule has 0 aromatic heterocycles. The summed E-state index contributed by atoms with van der Waals surface area (Å²) in [7, 11) is 0. The number of ether oxygens (including phenoxy) is 3. The third kappa shape index (κ3) is 6.72. The summed E-state index contributed by atoms with van der Waals surface area (Å²) in [4.78, 5) is 28.3. The molecule has 0 saturated carbocycles. The number of hydrogen-bond donors (Lipinski definition) is 1. The average Bonchev–Trinajstić information content (AvgIpc) is 2.65. The van der Waals surface area contributed by atoms with Gasteiger partial charge < -0.3 is 19.0 Å². The third-order valence-electron chi connectivity index (χ3n) is 4.03. The standard InChI is InChI=1S/C18H25NO6/c1-13(14(2)24-16-10-6-7-11-22-16)17(20)25-19-18(21)23-12-15-8-4-3-5-9-15/h3-5,8-9,13-14,16H,6-7,10-12H2,1-2H3,(H,19,21)/t13-,14-,16?/m0/s1. The minimum atomic E-state index is -0.825. The van der Waals surface area contributed by atoms with E-state index in [0.29, 0.717) is 6.61 Å². The second-order valence-corrected chi connectivity index (χ2v) is 6.01. The molecule has 1 unspecified atom stereocenters. The highest BCUT2D eigenvalue weighted by Crippen LogP contribution is 2.19. The highest BCUT2D eigenvalue weighted by Gasteiger charge is 2.27. The Morgan fingerprint density at radius 1 is 1.24 bits per heavy atom. The van der Waals surface area contributed by atoms with Crippen LogP contribution in [0.25, 0.3) is 0 Å². The molecule has 1 fully saturated rings. The largest absolute Gasteiger partial charge is 0.443 e. The number of carbonyl (C=O) groups is 2. The molecule has 7 nitrogen and oxygen atoms in total. The minimum absolute atomic E-state index is 0.0955. The van der Waals surface area contributed by atoms with E-state index in [1.165, 1.54) is 0 Å². The maximum atomic E-state index is 12.0. The van der Waals surface area contributed by atoms with Crippen LogP contribution in [0.15, 0.2) is 30.3 Å². The lowest BCUT2D eigenvalue weighted by Crippen LogP contribution is -2.37. The number of nitrogens with one attached hydrogen (secondary N) is 1. The first kappa shape index (κ1) is 19.2. The summed E-state index contributed by atoms with van der Waals surface area (Å²) >= 11 is 0. The fourth-order valence-electron chi connectivity index (χ4n) is 2.30. The van der Waals surface area contributed by atoms with Gasteiger partial charge in [-0.3, -0.25) is 0 Å². The van der Waals surface area contributed by atoms with E-state index in [4.69, 9.17) is 19.0 Å². The molecule has 138 valence electrons. The Morgan fingerprint density at radius 3 is 2.68 bits per heavy atom. The van der Waals surface area contributed by atoms with E-state index in [-0.39, 0.29) is 12.9 Å². The molecule has 0 bridgehead atoms. The predicted molar refractivity (Wildman–Crippen MR) is 89.2 cm³/mol. The molecule has 3 atom stereocenters.